The maximum Gasteiger partial charge on any atom is 0.242 e. The molecule has 0 amide bonds. The fraction of sp³-hybridized carbons (Fsp3) is 0.0833. The normalized spacial score (nSPS) is 10.8. The van der Waals surface area contributed by atoms with Gasteiger partial charge in [-0.3, -0.25) is 4.57 Å². The summed E-state index contributed by atoms with van der Waals surface area (Å²) in [5.41, 5.74) is 1.35. The summed E-state index contributed by atoms with van der Waals surface area (Å²) < 4.78 is 20.9. The van der Waals surface area contributed by atoms with Gasteiger partial charge in [-0.1, -0.05) is 12.1 Å². The second-order valence-corrected chi connectivity index (χ2v) is 4.19. The lowest BCUT2D eigenvalue weighted by Crippen LogP contribution is -1.99. The first-order chi connectivity index (χ1) is 9.22. The summed E-state index contributed by atoms with van der Waals surface area (Å²) in [7, 11) is 1.50. The first-order valence-corrected chi connectivity index (χ1v) is 5.88. The molecule has 1 N–H and O–H groups in total. The number of halogens is 1. The van der Waals surface area contributed by atoms with Crippen LogP contribution in [0.15, 0.2) is 30.6 Å². The average molecular weight is 276 g/mol. The fourth-order valence-electron chi connectivity index (χ4n) is 1.91. The van der Waals surface area contributed by atoms with E-state index in [4.69, 9.17) is 17.0 Å². The minimum atomic E-state index is -0.378. The molecule has 0 unspecified atom stereocenters. The number of nitrogens with one attached hydrogen (secondary N) is 1. The highest BCUT2D eigenvalue weighted by atomic mass is 32.1. The minimum absolute atomic E-state index is 0.332. The van der Waals surface area contributed by atoms with Crippen LogP contribution in [0.3, 0.4) is 0 Å². The smallest absolute Gasteiger partial charge is 0.242 e. The molecule has 2 aromatic heterocycles. The summed E-state index contributed by atoms with van der Waals surface area (Å²) in [5, 5.41) is 0. The van der Waals surface area contributed by atoms with Crippen LogP contribution < -0.4 is 4.74 Å². The number of H-pyrrole nitrogens is 1. The van der Waals surface area contributed by atoms with Crippen molar-refractivity contribution in [1.82, 2.24) is 19.5 Å². The molecule has 1 aromatic carbocycles. The van der Waals surface area contributed by atoms with E-state index in [9.17, 15) is 4.39 Å². The van der Waals surface area contributed by atoms with Gasteiger partial charge in [0.05, 0.1) is 12.8 Å². The molecule has 0 bridgehead atoms. The number of imidazole rings is 1. The highest BCUT2D eigenvalue weighted by Crippen LogP contribution is 2.24. The van der Waals surface area contributed by atoms with Gasteiger partial charge >= 0.3 is 0 Å². The number of nitrogens with zero attached hydrogens (tertiary/aromatic N) is 3. The maximum absolute atomic E-state index is 13.9. The molecule has 0 aliphatic heterocycles. The zero-order chi connectivity index (χ0) is 13.4. The van der Waals surface area contributed by atoms with Crippen LogP contribution in [0, 0.1) is 10.6 Å². The Morgan fingerprint density at radius 2 is 2.11 bits per heavy atom. The molecule has 19 heavy (non-hydrogen) atoms. The van der Waals surface area contributed by atoms with Crippen LogP contribution in [0.2, 0.25) is 0 Å². The molecule has 0 aliphatic rings. The number of hydrogen-bond acceptors (Lipinski definition) is 4. The zero-order valence-corrected chi connectivity index (χ0v) is 10.7. The number of aromatic nitrogens is 4. The molecular formula is C12H9FN4OS. The summed E-state index contributed by atoms with van der Waals surface area (Å²) >= 11 is 5.22. The van der Waals surface area contributed by atoms with E-state index in [1.165, 1.54) is 24.1 Å². The first-order valence-electron chi connectivity index (χ1n) is 5.47. The van der Waals surface area contributed by atoms with Gasteiger partial charge in [0.25, 0.3) is 0 Å². The van der Waals surface area contributed by atoms with E-state index < -0.39 is 0 Å². The number of aromatic amines is 1. The van der Waals surface area contributed by atoms with E-state index in [-0.39, 0.29) is 5.82 Å². The van der Waals surface area contributed by atoms with Gasteiger partial charge in [0.2, 0.25) is 5.88 Å². The summed E-state index contributed by atoms with van der Waals surface area (Å²) in [4.78, 5) is 11.0. The quantitative estimate of drug-likeness (QED) is 0.731. The highest BCUT2D eigenvalue weighted by Gasteiger charge is 2.14. The summed E-state index contributed by atoms with van der Waals surface area (Å²) in [6.07, 6.45) is 1.35. The monoisotopic (exact) mass is 276 g/mol. The summed E-state index contributed by atoms with van der Waals surface area (Å²) in [5.74, 6) is -0.0109. The molecule has 0 spiro atoms. The van der Waals surface area contributed by atoms with Crippen molar-refractivity contribution >= 4 is 23.4 Å². The Morgan fingerprint density at radius 1 is 1.32 bits per heavy atom. The summed E-state index contributed by atoms with van der Waals surface area (Å²) in [6, 6.07) is 6.35. The number of para-hydroxylation sites is 1. The molecule has 5 nitrogen and oxygen atoms in total. The minimum Gasteiger partial charge on any atom is -0.479 e. The van der Waals surface area contributed by atoms with Gasteiger partial charge in [0.1, 0.15) is 17.7 Å². The standard InChI is InChI=1S/C12H9FN4OS/c1-18-11-9-10(14-6-15-11)17(12(19)16-9)8-5-3-2-4-7(8)13/h2-6H,1H3,(H,16,19). The predicted molar refractivity (Wildman–Crippen MR) is 70.6 cm³/mol. The van der Waals surface area contributed by atoms with Crippen molar-refractivity contribution in [1.29, 1.82) is 0 Å². The molecule has 0 radical (unpaired) electrons. The van der Waals surface area contributed by atoms with E-state index in [1.54, 1.807) is 18.2 Å². The number of ether oxygens (including phenoxy) is 1. The average Bonchev–Trinajstić information content (AvgIpc) is 2.75. The lowest BCUT2D eigenvalue weighted by Gasteiger charge is -2.05. The second kappa shape index (κ2) is 4.43. The summed E-state index contributed by atoms with van der Waals surface area (Å²) in [6.45, 7) is 0. The van der Waals surface area contributed by atoms with E-state index in [2.05, 4.69) is 15.0 Å². The van der Waals surface area contributed by atoms with Crippen molar-refractivity contribution in [2.24, 2.45) is 0 Å². The third-order valence-electron chi connectivity index (χ3n) is 2.73. The topological polar surface area (TPSA) is 55.7 Å². The molecule has 96 valence electrons. The van der Waals surface area contributed by atoms with E-state index >= 15 is 0 Å². The van der Waals surface area contributed by atoms with Gasteiger partial charge in [-0.2, -0.15) is 4.98 Å². The van der Waals surface area contributed by atoms with Crippen LogP contribution in [0.25, 0.3) is 16.9 Å². The molecule has 0 atom stereocenters. The molecule has 0 aliphatic carbocycles. The van der Waals surface area contributed by atoms with Crippen molar-refractivity contribution in [3.63, 3.8) is 0 Å². The SMILES string of the molecule is COc1ncnc2c1[nH]c(=S)n2-c1ccccc1F. The van der Waals surface area contributed by atoms with Gasteiger partial charge in [-0.05, 0) is 24.4 Å². The Balaban J connectivity index is 2.40. The van der Waals surface area contributed by atoms with Gasteiger partial charge in [-0.25, -0.2) is 9.37 Å². The van der Waals surface area contributed by atoms with Crippen molar-refractivity contribution in [2.75, 3.05) is 7.11 Å². The predicted octanol–water partition coefficient (Wildman–Crippen LogP) is 2.63. The number of methoxy groups -OCH3 is 1. The van der Waals surface area contributed by atoms with E-state index in [1.807, 2.05) is 0 Å². The van der Waals surface area contributed by atoms with Gasteiger partial charge in [0, 0.05) is 0 Å². The number of benzene rings is 1. The fourth-order valence-corrected chi connectivity index (χ4v) is 2.20. The van der Waals surface area contributed by atoms with Crippen LogP contribution in [-0.2, 0) is 0 Å². The van der Waals surface area contributed by atoms with Crippen LogP contribution >= 0.6 is 12.2 Å². The third kappa shape index (κ3) is 1.78. The third-order valence-corrected chi connectivity index (χ3v) is 3.01. The molecule has 0 saturated heterocycles. The van der Waals surface area contributed by atoms with Crippen LogP contribution in [-0.4, -0.2) is 26.6 Å². The lowest BCUT2D eigenvalue weighted by atomic mass is 10.3. The molecule has 3 aromatic rings. The second-order valence-electron chi connectivity index (χ2n) is 3.80. The maximum atomic E-state index is 13.9. The van der Waals surface area contributed by atoms with Gasteiger partial charge in [0.15, 0.2) is 10.4 Å². The number of fused-ring (bicyclic) bond motifs is 1. The Kier molecular flexibility index (Phi) is 2.75. The van der Waals surface area contributed by atoms with Crippen molar-refractivity contribution in [2.45, 2.75) is 0 Å². The molecule has 0 fully saturated rings. The molecule has 0 saturated carbocycles. The van der Waals surface area contributed by atoms with Crippen LogP contribution in [0.4, 0.5) is 4.39 Å². The van der Waals surface area contributed by atoms with Crippen molar-refractivity contribution in [3.8, 4) is 11.6 Å². The number of hydrogen-bond donors (Lipinski definition) is 1. The number of rotatable bonds is 2. The largest absolute Gasteiger partial charge is 0.479 e. The van der Waals surface area contributed by atoms with Crippen LogP contribution in [0.1, 0.15) is 0 Å². The Morgan fingerprint density at radius 3 is 2.84 bits per heavy atom. The van der Waals surface area contributed by atoms with E-state index in [0.717, 1.165) is 0 Å². The van der Waals surface area contributed by atoms with E-state index in [0.29, 0.717) is 27.5 Å². The highest BCUT2D eigenvalue weighted by molar-refractivity contribution is 7.71. The lowest BCUT2D eigenvalue weighted by molar-refractivity contribution is 0.401. The van der Waals surface area contributed by atoms with Crippen molar-refractivity contribution in [3.05, 3.63) is 41.2 Å². The van der Waals surface area contributed by atoms with Gasteiger partial charge < -0.3 is 9.72 Å². The molecular weight excluding hydrogens is 267 g/mol. The van der Waals surface area contributed by atoms with Crippen LogP contribution in [0.5, 0.6) is 5.88 Å². The molecule has 7 heteroatoms. The van der Waals surface area contributed by atoms with Gasteiger partial charge in [-0.15, -0.1) is 0 Å². The van der Waals surface area contributed by atoms with Crippen molar-refractivity contribution < 1.29 is 9.13 Å². The first kappa shape index (κ1) is 11.8. The zero-order valence-electron chi connectivity index (χ0n) is 9.92. The Labute approximate surface area is 112 Å². The molecule has 3 rings (SSSR count). The Hall–Kier alpha value is -2.28. The Bertz CT molecular complexity index is 811. The molecule has 2 heterocycles.